The van der Waals surface area contributed by atoms with Crippen LogP contribution in [0.25, 0.3) is 0 Å². The molecular weight excluding hydrogens is 322 g/mol. The summed E-state index contributed by atoms with van der Waals surface area (Å²) in [7, 11) is -3.49. The summed E-state index contributed by atoms with van der Waals surface area (Å²) in [4.78, 5) is 27.1. The summed E-state index contributed by atoms with van der Waals surface area (Å²) in [5.41, 5.74) is -0.671. The van der Waals surface area contributed by atoms with Gasteiger partial charge in [-0.3, -0.25) is 4.79 Å². The summed E-state index contributed by atoms with van der Waals surface area (Å²) < 4.78 is 29.9. The van der Waals surface area contributed by atoms with Gasteiger partial charge in [0.05, 0.1) is 19.4 Å². The molecule has 8 nitrogen and oxygen atoms in total. The summed E-state index contributed by atoms with van der Waals surface area (Å²) in [5, 5.41) is 0. The molecule has 0 N–H and O–H groups in total. The molecule has 0 aromatic rings. The molecular formula is C14H27N3O5S. The van der Waals surface area contributed by atoms with Gasteiger partial charge in [-0.25, -0.2) is 13.2 Å². The maximum atomic E-state index is 12.4. The molecule has 0 aromatic heterocycles. The number of sulfonamides is 1. The molecule has 1 heterocycles. The number of hydrogen-bond donors (Lipinski definition) is 0. The highest BCUT2D eigenvalue weighted by molar-refractivity contribution is 7.88. The van der Waals surface area contributed by atoms with Crippen LogP contribution in [0.1, 0.15) is 27.7 Å². The summed E-state index contributed by atoms with van der Waals surface area (Å²) >= 11 is 0. The van der Waals surface area contributed by atoms with E-state index >= 15 is 0 Å². The minimum Gasteiger partial charge on any atom is -0.450 e. The topological polar surface area (TPSA) is 87.2 Å². The Kier molecular flexibility index (Phi) is 6.41. The van der Waals surface area contributed by atoms with Crippen molar-refractivity contribution < 1.29 is 22.7 Å². The van der Waals surface area contributed by atoms with E-state index in [0.717, 1.165) is 6.26 Å². The lowest BCUT2D eigenvalue weighted by molar-refractivity contribution is -0.133. The van der Waals surface area contributed by atoms with Crippen LogP contribution in [0.5, 0.6) is 0 Å². The molecule has 1 fully saturated rings. The fourth-order valence-electron chi connectivity index (χ4n) is 2.43. The van der Waals surface area contributed by atoms with Gasteiger partial charge in [0.2, 0.25) is 15.9 Å². The smallest absolute Gasteiger partial charge is 0.409 e. The van der Waals surface area contributed by atoms with E-state index in [0.29, 0.717) is 32.8 Å². The van der Waals surface area contributed by atoms with E-state index in [9.17, 15) is 18.0 Å². The Bertz CT molecular complexity index is 533. The quantitative estimate of drug-likeness (QED) is 0.731. The third kappa shape index (κ3) is 5.65. The van der Waals surface area contributed by atoms with E-state index in [1.807, 2.05) is 0 Å². The molecule has 0 bridgehead atoms. The molecule has 1 aliphatic rings. The second kappa shape index (κ2) is 7.48. The second-order valence-corrected chi connectivity index (χ2v) is 8.41. The zero-order valence-electron chi connectivity index (χ0n) is 14.5. The average molecular weight is 349 g/mol. The average Bonchev–Trinajstić information content (AvgIpc) is 2.42. The summed E-state index contributed by atoms with van der Waals surface area (Å²) in [5.74, 6) is -0.256. The maximum absolute atomic E-state index is 12.4. The first kappa shape index (κ1) is 19.7. The minimum absolute atomic E-state index is 0.193. The Morgan fingerprint density at radius 1 is 1.09 bits per heavy atom. The predicted molar refractivity (Wildman–Crippen MR) is 86.5 cm³/mol. The van der Waals surface area contributed by atoms with E-state index < -0.39 is 15.6 Å². The predicted octanol–water partition coefficient (Wildman–Crippen LogP) is 0.347. The normalized spacial score (nSPS) is 16.6. The van der Waals surface area contributed by atoms with Crippen molar-refractivity contribution in [3.8, 4) is 0 Å². The van der Waals surface area contributed by atoms with Crippen molar-refractivity contribution in [1.82, 2.24) is 14.1 Å². The van der Waals surface area contributed by atoms with Crippen molar-refractivity contribution in [3.05, 3.63) is 0 Å². The van der Waals surface area contributed by atoms with Crippen LogP contribution in [-0.4, -0.2) is 85.6 Å². The Labute approximate surface area is 138 Å². The van der Waals surface area contributed by atoms with Gasteiger partial charge in [-0.2, -0.15) is 4.31 Å². The van der Waals surface area contributed by atoms with Gasteiger partial charge in [-0.15, -0.1) is 0 Å². The van der Waals surface area contributed by atoms with E-state index in [1.165, 1.54) is 4.31 Å². The Hall–Kier alpha value is -1.35. The molecule has 0 atom stereocenters. The number of ether oxygens (including phenoxy) is 1. The van der Waals surface area contributed by atoms with Crippen LogP contribution < -0.4 is 0 Å². The number of rotatable bonds is 4. The molecule has 0 unspecified atom stereocenters. The van der Waals surface area contributed by atoms with Crippen LogP contribution >= 0.6 is 0 Å². The molecule has 23 heavy (non-hydrogen) atoms. The van der Waals surface area contributed by atoms with Crippen molar-refractivity contribution in [3.63, 3.8) is 0 Å². The van der Waals surface area contributed by atoms with Crippen LogP contribution in [0.3, 0.4) is 0 Å². The standard InChI is InChI=1S/C14H27N3O5S/c1-6-22-13(19)16-9-7-15(8-10-16)12(18)11-17(14(2,3)4)23(5,20)21/h6-11H2,1-5H3. The first-order valence-electron chi connectivity index (χ1n) is 7.64. The number of amides is 2. The molecule has 1 saturated heterocycles. The maximum Gasteiger partial charge on any atom is 0.409 e. The monoisotopic (exact) mass is 349 g/mol. The lowest BCUT2D eigenvalue weighted by Gasteiger charge is -2.37. The van der Waals surface area contributed by atoms with Gasteiger partial charge in [0, 0.05) is 31.7 Å². The van der Waals surface area contributed by atoms with Crippen LogP contribution in [0, 0.1) is 0 Å². The fourth-order valence-corrected chi connectivity index (χ4v) is 3.77. The molecule has 134 valence electrons. The molecule has 0 aromatic carbocycles. The fraction of sp³-hybridized carbons (Fsp3) is 0.857. The number of nitrogens with zero attached hydrogens (tertiary/aromatic N) is 3. The molecule has 2 amide bonds. The van der Waals surface area contributed by atoms with Crippen LogP contribution in [0.15, 0.2) is 0 Å². The summed E-state index contributed by atoms with van der Waals surface area (Å²) in [6.45, 7) is 8.63. The molecule has 0 aliphatic carbocycles. The Morgan fingerprint density at radius 3 is 1.96 bits per heavy atom. The number of carbonyl (C=O) groups is 2. The Morgan fingerprint density at radius 2 is 1.57 bits per heavy atom. The zero-order chi connectivity index (χ0) is 17.8. The largest absolute Gasteiger partial charge is 0.450 e. The van der Waals surface area contributed by atoms with Crippen LogP contribution in [0.2, 0.25) is 0 Å². The van der Waals surface area contributed by atoms with Crippen LogP contribution in [-0.2, 0) is 19.6 Å². The molecule has 0 radical (unpaired) electrons. The third-order valence-electron chi connectivity index (χ3n) is 3.59. The number of hydrogen-bond acceptors (Lipinski definition) is 5. The first-order valence-corrected chi connectivity index (χ1v) is 9.49. The first-order chi connectivity index (χ1) is 10.5. The molecule has 1 rings (SSSR count). The second-order valence-electron chi connectivity index (χ2n) is 6.51. The van der Waals surface area contributed by atoms with Crippen molar-refractivity contribution in [2.24, 2.45) is 0 Å². The van der Waals surface area contributed by atoms with Gasteiger partial charge < -0.3 is 14.5 Å². The molecule has 1 aliphatic heterocycles. The van der Waals surface area contributed by atoms with Gasteiger partial charge in [-0.05, 0) is 27.7 Å². The highest BCUT2D eigenvalue weighted by atomic mass is 32.2. The van der Waals surface area contributed by atoms with Crippen molar-refractivity contribution >= 4 is 22.0 Å². The Balaban J connectivity index is 2.65. The zero-order valence-corrected chi connectivity index (χ0v) is 15.4. The van der Waals surface area contributed by atoms with Gasteiger partial charge in [0.1, 0.15) is 0 Å². The minimum atomic E-state index is -3.49. The summed E-state index contributed by atoms with van der Waals surface area (Å²) in [6, 6.07) is 0. The van der Waals surface area contributed by atoms with Gasteiger partial charge in [0.25, 0.3) is 0 Å². The van der Waals surface area contributed by atoms with Gasteiger partial charge in [0.15, 0.2) is 0 Å². The third-order valence-corrected chi connectivity index (χ3v) is 5.06. The van der Waals surface area contributed by atoms with E-state index in [2.05, 4.69) is 0 Å². The number of carbonyl (C=O) groups excluding carboxylic acids is 2. The van der Waals surface area contributed by atoms with Gasteiger partial charge >= 0.3 is 6.09 Å². The molecule has 0 spiro atoms. The van der Waals surface area contributed by atoms with Gasteiger partial charge in [-0.1, -0.05) is 0 Å². The van der Waals surface area contributed by atoms with E-state index in [4.69, 9.17) is 4.74 Å². The molecule has 9 heteroatoms. The van der Waals surface area contributed by atoms with Crippen molar-refractivity contribution in [1.29, 1.82) is 0 Å². The van der Waals surface area contributed by atoms with Crippen molar-refractivity contribution in [2.45, 2.75) is 33.2 Å². The van der Waals surface area contributed by atoms with E-state index in [-0.39, 0.29) is 18.5 Å². The lowest BCUT2D eigenvalue weighted by Crippen LogP contribution is -2.55. The summed E-state index contributed by atoms with van der Waals surface area (Å²) in [6.07, 6.45) is 0.719. The SMILES string of the molecule is CCOC(=O)N1CCN(C(=O)CN(C(C)(C)C)S(C)(=O)=O)CC1. The highest BCUT2D eigenvalue weighted by Crippen LogP contribution is 2.17. The highest BCUT2D eigenvalue weighted by Gasteiger charge is 2.34. The van der Waals surface area contributed by atoms with Crippen LogP contribution in [0.4, 0.5) is 4.79 Å². The number of piperazine rings is 1. The molecule has 0 saturated carbocycles. The lowest BCUT2D eigenvalue weighted by atomic mass is 10.1. The van der Waals surface area contributed by atoms with Crippen molar-refractivity contribution in [2.75, 3.05) is 45.6 Å². The van der Waals surface area contributed by atoms with E-state index in [1.54, 1.807) is 37.5 Å².